The molecule has 4 nitrogen and oxygen atoms in total. The minimum Gasteiger partial charge on any atom is -0.328 e. The molecule has 0 aliphatic heterocycles. The van der Waals surface area contributed by atoms with Gasteiger partial charge in [-0.2, -0.15) is 0 Å². The van der Waals surface area contributed by atoms with Gasteiger partial charge in [0.05, 0.1) is 5.75 Å². The van der Waals surface area contributed by atoms with Crippen LogP contribution in [0.15, 0.2) is 12.7 Å². The molecule has 88 valence electrons. The van der Waals surface area contributed by atoms with E-state index in [0.29, 0.717) is 13.0 Å². The van der Waals surface area contributed by atoms with Crippen molar-refractivity contribution in [1.82, 2.24) is 4.31 Å². The molecule has 0 aromatic rings. The van der Waals surface area contributed by atoms with Crippen LogP contribution in [0.1, 0.15) is 19.3 Å². The standard InChI is InChI=1S/C10H20N2O2S/c1-3-4-5-12(2)15(13,14)8-9-6-10(11)7-9/h3,9-10H,1,4-8,11H2,2H3. The zero-order chi connectivity index (χ0) is 11.5. The highest BCUT2D eigenvalue weighted by Crippen LogP contribution is 2.27. The van der Waals surface area contributed by atoms with Crippen LogP contribution in [-0.4, -0.2) is 38.1 Å². The fraction of sp³-hybridized carbons (Fsp3) is 0.800. The van der Waals surface area contributed by atoms with Crippen molar-refractivity contribution >= 4 is 10.0 Å². The molecule has 2 N–H and O–H groups in total. The predicted octanol–water partition coefficient (Wildman–Crippen LogP) is 0.561. The number of nitrogens with zero attached hydrogens (tertiary/aromatic N) is 1. The van der Waals surface area contributed by atoms with Crippen LogP contribution in [0.25, 0.3) is 0 Å². The molecule has 0 heterocycles. The molecule has 0 spiro atoms. The van der Waals surface area contributed by atoms with Crippen LogP contribution < -0.4 is 5.73 Å². The average Bonchev–Trinajstić information content (AvgIpc) is 2.11. The Morgan fingerprint density at radius 1 is 1.53 bits per heavy atom. The first-order chi connectivity index (χ1) is 6.95. The first-order valence-corrected chi connectivity index (χ1v) is 6.87. The summed E-state index contributed by atoms with van der Waals surface area (Å²) in [5, 5.41) is 0. The van der Waals surface area contributed by atoms with E-state index in [0.717, 1.165) is 12.8 Å². The number of sulfonamides is 1. The average molecular weight is 232 g/mol. The molecule has 1 rings (SSSR count). The molecule has 0 aromatic heterocycles. The summed E-state index contributed by atoms with van der Waals surface area (Å²) in [5.41, 5.74) is 5.62. The summed E-state index contributed by atoms with van der Waals surface area (Å²) >= 11 is 0. The number of nitrogens with two attached hydrogens (primary N) is 1. The second kappa shape index (κ2) is 5.09. The Hall–Kier alpha value is -0.390. The largest absolute Gasteiger partial charge is 0.328 e. The summed E-state index contributed by atoms with van der Waals surface area (Å²) in [7, 11) is -1.46. The molecule has 15 heavy (non-hydrogen) atoms. The first kappa shape index (κ1) is 12.7. The van der Waals surface area contributed by atoms with Gasteiger partial charge in [-0.25, -0.2) is 12.7 Å². The van der Waals surface area contributed by atoms with Gasteiger partial charge in [0.2, 0.25) is 10.0 Å². The molecule has 1 aliphatic carbocycles. The molecule has 0 radical (unpaired) electrons. The SMILES string of the molecule is C=CCCN(C)S(=O)(=O)CC1CC(N)C1. The Balaban J connectivity index is 2.40. The molecule has 0 saturated heterocycles. The van der Waals surface area contributed by atoms with Crippen molar-refractivity contribution in [3.63, 3.8) is 0 Å². The van der Waals surface area contributed by atoms with Crippen LogP contribution in [-0.2, 0) is 10.0 Å². The minimum absolute atomic E-state index is 0.212. The van der Waals surface area contributed by atoms with Gasteiger partial charge in [-0.3, -0.25) is 0 Å². The van der Waals surface area contributed by atoms with Gasteiger partial charge in [0.15, 0.2) is 0 Å². The lowest BCUT2D eigenvalue weighted by atomic mass is 9.82. The molecule has 0 unspecified atom stereocenters. The van der Waals surface area contributed by atoms with Crippen LogP contribution >= 0.6 is 0 Å². The number of hydrogen-bond acceptors (Lipinski definition) is 3. The molecular formula is C10H20N2O2S. The van der Waals surface area contributed by atoms with Crippen molar-refractivity contribution in [3.05, 3.63) is 12.7 Å². The van der Waals surface area contributed by atoms with Crippen LogP contribution in [0.5, 0.6) is 0 Å². The minimum atomic E-state index is -3.09. The highest BCUT2D eigenvalue weighted by Gasteiger charge is 2.31. The zero-order valence-corrected chi connectivity index (χ0v) is 10.0. The van der Waals surface area contributed by atoms with Gasteiger partial charge in [0.25, 0.3) is 0 Å². The Morgan fingerprint density at radius 2 is 2.13 bits per heavy atom. The molecule has 1 saturated carbocycles. The van der Waals surface area contributed by atoms with Crippen molar-refractivity contribution in [1.29, 1.82) is 0 Å². The molecule has 0 bridgehead atoms. The molecular weight excluding hydrogens is 212 g/mol. The van der Waals surface area contributed by atoms with E-state index in [1.807, 2.05) is 0 Å². The maximum atomic E-state index is 11.8. The maximum absolute atomic E-state index is 11.8. The van der Waals surface area contributed by atoms with E-state index in [9.17, 15) is 8.42 Å². The van der Waals surface area contributed by atoms with E-state index in [2.05, 4.69) is 6.58 Å². The number of hydrogen-bond donors (Lipinski definition) is 1. The van der Waals surface area contributed by atoms with Crippen LogP contribution in [0.2, 0.25) is 0 Å². The summed E-state index contributed by atoms with van der Waals surface area (Å²) in [6.07, 6.45) is 4.11. The van der Waals surface area contributed by atoms with Gasteiger partial charge in [-0.05, 0) is 25.2 Å². The fourth-order valence-electron chi connectivity index (χ4n) is 1.76. The molecule has 0 atom stereocenters. The van der Waals surface area contributed by atoms with Crippen LogP contribution in [0.4, 0.5) is 0 Å². The van der Waals surface area contributed by atoms with Gasteiger partial charge in [0, 0.05) is 19.6 Å². The second-order valence-electron chi connectivity index (χ2n) is 4.27. The Bertz CT molecular complexity index is 307. The highest BCUT2D eigenvalue weighted by molar-refractivity contribution is 7.89. The Kier molecular flexibility index (Phi) is 4.31. The lowest BCUT2D eigenvalue weighted by Gasteiger charge is -2.33. The zero-order valence-electron chi connectivity index (χ0n) is 9.22. The van der Waals surface area contributed by atoms with Gasteiger partial charge >= 0.3 is 0 Å². The smallest absolute Gasteiger partial charge is 0.214 e. The Labute approximate surface area is 92.2 Å². The topological polar surface area (TPSA) is 63.4 Å². The Morgan fingerprint density at radius 3 is 2.60 bits per heavy atom. The normalized spacial score (nSPS) is 26.3. The van der Waals surface area contributed by atoms with Crippen molar-refractivity contribution in [2.75, 3.05) is 19.3 Å². The van der Waals surface area contributed by atoms with E-state index >= 15 is 0 Å². The maximum Gasteiger partial charge on any atom is 0.214 e. The van der Waals surface area contributed by atoms with Crippen LogP contribution in [0, 0.1) is 5.92 Å². The van der Waals surface area contributed by atoms with E-state index in [1.165, 1.54) is 4.31 Å². The van der Waals surface area contributed by atoms with Gasteiger partial charge in [0.1, 0.15) is 0 Å². The fourth-order valence-corrected chi connectivity index (χ4v) is 3.27. The molecule has 0 amide bonds. The van der Waals surface area contributed by atoms with E-state index in [4.69, 9.17) is 5.73 Å². The molecule has 5 heteroatoms. The van der Waals surface area contributed by atoms with Crippen molar-refractivity contribution in [3.8, 4) is 0 Å². The summed E-state index contributed by atoms with van der Waals surface area (Å²) in [6.45, 7) is 4.09. The van der Waals surface area contributed by atoms with Gasteiger partial charge in [-0.1, -0.05) is 6.08 Å². The van der Waals surface area contributed by atoms with E-state index in [-0.39, 0.29) is 17.7 Å². The summed E-state index contributed by atoms with van der Waals surface area (Å²) in [5.74, 6) is 0.505. The van der Waals surface area contributed by atoms with E-state index in [1.54, 1.807) is 13.1 Å². The number of rotatable bonds is 6. The summed E-state index contributed by atoms with van der Waals surface area (Å²) < 4.78 is 25.0. The van der Waals surface area contributed by atoms with Gasteiger partial charge in [-0.15, -0.1) is 6.58 Å². The molecule has 0 aromatic carbocycles. The third kappa shape index (κ3) is 3.59. The lowest BCUT2D eigenvalue weighted by molar-refractivity contribution is 0.288. The predicted molar refractivity (Wildman–Crippen MR) is 61.9 cm³/mol. The third-order valence-electron chi connectivity index (χ3n) is 2.84. The van der Waals surface area contributed by atoms with E-state index < -0.39 is 10.0 Å². The summed E-state index contributed by atoms with van der Waals surface area (Å²) in [6, 6.07) is 0.212. The monoisotopic (exact) mass is 232 g/mol. The van der Waals surface area contributed by atoms with Crippen molar-refractivity contribution in [2.24, 2.45) is 11.7 Å². The molecule has 1 aliphatic rings. The molecule has 1 fully saturated rings. The third-order valence-corrected chi connectivity index (χ3v) is 4.87. The first-order valence-electron chi connectivity index (χ1n) is 5.26. The van der Waals surface area contributed by atoms with Gasteiger partial charge < -0.3 is 5.73 Å². The highest BCUT2D eigenvalue weighted by atomic mass is 32.2. The van der Waals surface area contributed by atoms with Crippen molar-refractivity contribution in [2.45, 2.75) is 25.3 Å². The lowest BCUT2D eigenvalue weighted by Crippen LogP contribution is -2.42. The van der Waals surface area contributed by atoms with Crippen molar-refractivity contribution < 1.29 is 8.42 Å². The quantitative estimate of drug-likeness (QED) is 0.681. The van der Waals surface area contributed by atoms with Crippen LogP contribution in [0.3, 0.4) is 0 Å². The summed E-state index contributed by atoms with van der Waals surface area (Å²) in [4.78, 5) is 0. The second-order valence-corrected chi connectivity index (χ2v) is 6.40.